The van der Waals surface area contributed by atoms with Gasteiger partial charge in [-0.05, 0) is 106 Å². The molecule has 0 bridgehead atoms. The van der Waals surface area contributed by atoms with Crippen molar-refractivity contribution in [3.63, 3.8) is 0 Å². The largest absolute Gasteiger partial charge is 0.456 e. The lowest BCUT2D eigenvalue weighted by atomic mass is 9.97. The van der Waals surface area contributed by atoms with Gasteiger partial charge in [0.2, 0.25) is 0 Å². The van der Waals surface area contributed by atoms with Gasteiger partial charge in [0.05, 0.1) is 16.7 Å². The van der Waals surface area contributed by atoms with E-state index in [9.17, 15) is 0 Å². The van der Waals surface area contributed by atoms with Crippen LogP contribution in [0.1, 0.15) is 0 Å². The first kappa shape index (κ1) is 31.4. The second-order valence-corrected chi connectivity index (χ2v) is 15.2. The van der Waals surface area contributed by atoms with Crippen molar-refractivity contribution in [1.82, 2.24) is 4.57 Å². The molecule has 0 aliphatic carbocycles. The monoisotopic (exact) mass is 741 g/mol. The maximum Gasteiger partial charge on any atom is 0.138 e. The van der Waals surface area contributed by atoms with Crippen LogP contribution >= 0.6 is 0 Å². The SMILES string of the molecule is c1ccc(-c2ccc3c(c2)oc2cc(-c4cc(-n5c6ccccc6c6cc(-c7ccc8oc9ccccc9c8c7)ccc65)cc5oc6ccccc6c45)ccc23)cc1. The van der Waals surface area contributed by atoms with Crippen molar-refractivity contribution in [3.05, 3.63) is 188 Å². The number of hydrogen-bond acceptors (Lipinski definition) is 3. The predicted molar refractivity (Wildman–Crippen MR) is 239 cm³/mol. The molecule has 13 rings (SSSR count). The molecule has 4 heterocycles. The molecule has 0 spiro atoms. The predicted octanol–water partition coefficient (Wildman–Crippen LogP) is 15.5. The minimum Gasteiger partial charge on any atom is -0.456 e. The lowest BCUT2D eigenvalue weighted by Crippen LogP contribution is -1.95. The molecule has 0 aliphatic heterocycles. The molecule has 4 heteroatoms. The van der Waals surface area contributed by atoms with E-state index in [1.54, 1.807) is 0 Å². The molecular weight excluding hydrogens is 711 g/mol. The van der Waals surface area contributed by atoms with Crippen LogP contribution in [-0.4, -0.2) is 4.57 Å². The summed E-state index contributed by atoms with van der Waals surface area (Å²) in [6, 6.07) is 66.7. The first-order valence-corrected chi connectivity index (χ1v) is 19.6. The van der Waals surface area contributed by atoms with E-state index in [0.29, 0.717) is 0 Å². The molecule has 0 atom stereocenters. The highest BCUT2D eigenvalue weighted by Crippen LogP contribution is 2.43. The van der Waals surface area contributed by atoms with E-state index in [2.05, 4.69) is 168 Å². The first-order chi connectivity index (χ1) is 28.7. The summed E-state index contributed by atoms with van der Waals surface area (Å²) in [4.78, 5) is 0. The zero-order valence-electron chi connectivity index (χ0n) is 31.1. The van der Waals surface area contributed by atoms with Crippen molar-refractivity contribution in [2.45, 2.75) is 0 Å². The summed E-state index contributed by atoms with van der Waals surface area (Å²) in [6.07, 6.45) is 0. The van der Waals surface area contributed by atoms with Crippen LogP contribution < -0.4 is 0 Å². The highest BCUT2D eigenvalue weighted by Gasteiger charge is 2.20. The molecule has 0 unspecified atom stereocenters. The van der Waals surface area contributed by atoms with E-state index in [0.717, 1.165) is 110 Å². The third kappa shape index (κ3) is 4.57. The van der Waals surface area contributed by atoms with Crippen molar-refractivity contribution in [1.29, 1.82) is 0 Å². The maximum absolute atomic E-state index is 6.66. The molecular formula is C54H31NO3. The summed E-state index contributed by atoms with van der Waals surface area (Å²) in [5, 5.41) is 9.02. The van der Waals surface area contributed by atoms with Crippen molar-refractivity contribution in [2.75, 3.05) is 0 Å². The Morgan fingerprint density at radius 1 is 0.276 bits per heavy atom. The second-order valence-electron chi connectivity index (χ2n) is 15.2. The third-order valence-corrected chi connectivity index (χ3v) is 12.0. The smallest absolute Gasteiger partial charge is 0.138 e. The fourth-order valence-electron chi connectivity index (χ4n) is 9.29. The van der Waals surface area contributed by atoms with E-state index in [1.807, 2.05) is 24.3 Å². The van der Waals surface area contributed by atoms with Gasteiger partial charge in [-0.1, -0.05) is 109 Å². The van der Waals surface area contributed by atoms with Crippen LogP contribution in [0.4, 0.5) is 0 Å². The van der Waals surface area contributed by atoms with Crippen LogP contribution in [0.2, 0.25) is 0 Å². The van der Waals surface area contributed by atoms with Gasteiger partial charge in [0.25, 0.3) is 0 Å². The van der Waals surface area contributed by atoms with Gasteiger partial charge in [-0.3, -0.25) is 0 Å². The van der Waals surface area contributed by atoms with Gasteiger partial charge in [-0.15, -0.1) is 0 Å². The number of fused-ring (bicyclic) bond motifs is 12. The van der Waals surface area contributed by atoms with E-state index in [1.165, 1.54) is 16.3 Å². The van der Waals surface area contributed by atoms with E-state index >= 15 is 0 Å². The highest BCUT2D eigenvalue weighted by molar-refractivity contribution is 6.16. The minimum atomic E-state index is 0.842. The molecule has 0 N–H and O–H groups in total. The highest BCUT2D eigenvalue weighted by atomic mass is 16.3. The Kier molecular flexibility index (Phi) is 6.41. The molecule has 0 amide bonds. The molecule has 4 aromatic heterocycles. The molecule has 0 fully saturated rings. The summed E-state index contributed by atoms with van der Waals surface area (Å²) >= 11 is 0. The Labute approximate surface area is 331 Å². The number of benzene rings is 9. The number of nitrogens with zero attached hydrogens (tertiary/aromatic N) is 1. The van der Waals surface area contributed by atoms with Crippen LogP contribution in [0, 0.1) is 0 Å². The summed E-state index contributed by atoms with van der Waals surface area (Å²) < 4.78 is 21.8. The normalized spacial score (nSPS) is 12.1. The average molecular weight is 742 g/mol. The zero-order valence-corrected chi connectivity index (χ0v) is 31.1. The Bertz CT molecular complexity index is 3800. The standard InChI is InChI=1S/C54H31NO3/c1-2-10-32(11-3-1)35-18-22-40-41-23-19-36(29-52(41)58-51(40)28-35)43-30-37(31-53-54(43)42-14-6-9-17-49(42)57-53)55-46-15-7-4-12-38(46)44-26-33(20-24-47(44)55)34-21-25-50-45(27-34)39-13-5-8-16-48(39)56-50/h1-31H. The van der Waals surface area contributed by atoms with Gasteiger partial charge >= 0.3 is 0 Å². The lowest BCUT2D eigenvalue weighted by Gasteiger charge is -2.12. The molecule has 0 radical (unpaired) electrons. The fourth-order valence-corrected chi connectivity index (χ4v) is 9.29. The topological polar surface area (TPSA) is 44.4 Å². The quantitative estimate of drug-likeness (QED) is 0.180. The van der Waals surface area contributed by atoms with Gasteiger partial charge in [0.1, 0.15) is 33.5 Å². The minimum absolute atomic E-state index is 0.842. The van der Waals surface area contributed by atoms with Gasteiger partial charge in [0.15, 0.2) is 0 Å². The van der Waals surface area contributed by atoms with E-state index in [-0.39, 0.29) is 0 Å². The second kappa shape index (κ2) is 11.8. The van der Waals surface area contributed by atoms with Crippen LogP contribution in [0.25, 0.3) is 127 Å². The van der Waals surface area contributed by atoms with Gasteiger partial charge in [-0.2, -0.15) is 0 Å². The lowest BCUT2D eigenvalue weighted by molar-refractivity contribution is 0.668. The molecule has 58 heavy (non-hydrogen) atoms. The van der Waals surface area contributed by atoms with Crippen LogP contribution in [0.15, 0.2) is 201 Å². The number of furan rings is 3. The Balaban J connectivity index is 1.01. The van der Waals surface area contributed by atoms with Crippen molar-refractivity contribution >= 4 is 87.6 Å². The van der Waals surface area contributed by atoms with Crippen LogP contribution in [0.5, 0.6) is 0 Å². The summed E-state index contributed by atoms with van der Waals surface area (Å²) in [6.45, 7) is 0. The third-order valence-electron chi connectivity index (χ3n) is 12.0. The first-order valence-electron chi connectivity index (χ1n) is 19.6. The van der Waals surface area contributed by atoms with E-state index < -0.39 is 0 Å². The fraction of sp³-hybridized carbons (Fsp3) is 0. The molecule has 270 valence electrons. The molecule has 4 nitrogen and oxygen atoms in total. The van der Waals surface area contributed by atoms with Crippen LogP contribution in [0.3, 0.4) is 0 Å². The van der Waals surface area contributed by atoms with Gasteiger partial charge in [-0.25, -0.2) is 0 Å². The van der Waals surface area contributed by atoms with Gasteiger partial charge in [0, 0.05) is 49.2 Å². The number of para-hydroxylation sites is 3. The van der Waals surface area contributed by atoms with Crippen molar-refractivity contribution in [2.24, 2.45) is 0 Å². The summed E-state index contributed by atoms with van der Waals surface area (Å²) in [7, 11) is 0. The van der Waals surface area contributed by atoms with Crippen LogP contribution in [-0.2, 0) is 0 Å². The Morgan fingerprint density at radius 3 is 1.64 bits per heavy atom. The average Bonchev–Trinajstić information content (AvgIpc) is 4.04. The molecule has 13 aromatic rings. The Morgan fingerprint density at radius 2 is 0.810 bits per heavy atom. The Hall–Kier alpha value is -7.82. The molecule has 0 aliphatic rings. The van der Waals surface area contributed by atoms with Crippen molar-refractivity contribution in [3.8, 4) is 39.1 Å². The van der Waals surface area contributed by atoms with Crippen molar-refractivity contribution < 1.29 is 13.3 Å². The summed E-state index contributed by atoms with van der Waals surface area (Å²) in [5.41, 5.74) is 15.3. The zero-order chi connectivity index (χ0) is 37.9. The summed E-state index contributed by atoms with van der Waals surface area (Å²) in [5.74, 6) is 0. The number of aromatic nitrogens is 1. The molecule has 9 aromatic carbocycles. The number of hydrogen-bond donors (Lipinski definition) is 0. The number of rotatable bonds is 4. The molecule has 0 saturated carbocycles. The van der Waals surface area contributed by atoms with Gasteiger partial charge < -0.3 is 17.8 Å². The molecule has 0 saturated heterocycles. The van der Waals surface area contributed by atoms with E-state index in [4.69, 9.17) is 13.3 Å². The maximum atomic E-state index is 6.66.